The lowest BCUT2D eigenvalue weighted by Crippen LogP contribution is -2.05. The molecule has 120 valence electrons. The Kier molecular flexibility index (Phi) is 3.19. The monoisotopic (exact) mass is 328 g/mol. The molecule has 7 nitrogen and oxygen atoms in total. The maximum Gasteiger partial charge on any atom is 0.199 e. The highest BCUT2D eigenvalue weighted by atomic mass is 19.1. The van der Waals surface area contributed by atoms with Gasteiger partial charge in [-0.2, -0.15) is 0 Å². The number of hydrogen-bond donors (Lipinski definition) is 1. The molecule has 0 saturated carbocycles. The summed E-state index contributed by atoms with van der Waals surface area (Å²) in [6.07, 6.45) is 3.24. The van der Waals surface area contributed by atoms with Gasteiger partial charge in [-0.3, -0.25) is 4.98 Å². The molecule has 2 N–H and O–H groups in total. The van der Waals surface area contributed by atoms with E-state index in [4.69, 9.17) is 5.73 Å². The van der Waals surface area contributed by atoms with Crippen LogP contribution in [0.15, 0.2) is 41.3 Å². The van der Waals surface area contributed by atoms with E-state index < -0.39 is 11.6 Å². The van der Waals surface area contributed by atoms with Crippen molar-refractivity contribution < 1.29 is 13.4 Å². The van der Waals surface area contributed by atoms with Crippen LogP contribution in [-0.4, -0.2) is 24.8 Å². The number of nitrogens with zero attached hydrogens (tertiary/aromatic N) is 5. The molecule has 0 unspecified atom stereocenters. The SMILES string of the molecule is Nc1nonc1-c1nc2c(F)ccc(F)c2n1Cc1cccnc1. The molecule has 4 rings (SSSR count). The number of rotatable bonds is 3. The molecule has 0 saturated heterocycles. The van der Waals surface area contributed by atoms with E-state index in [-0.39, 0.29) is 34.9 Å². The number of hydrogen-bond acceptors (Lipinski definition) is 6. The Bertz CT molecular complexity index is 1030. The fraction of sp³-hybridized carbons (Fsp3) is 0.0667. The molecule has 0 fully saturated rings. The van der Waals surface area contributed by atoms with Crippen molar-refractivity contribution in [2.75, 3.05) is 5.73 Å². The average molecular weight is 328 g/mol. The van der Waals surface area contributed by atoms with Gasteiger partial charge in [0, 0.05) is 12.4 Å². The van der Waals surface area contributed by atoms with Gasteiger partial charge >= 0.3 is 0 Å². The lowest BCUT2D eigenvalue weighted by Gasteiger charge is -2.08. The lowest BCUT2D eigenvalue weighted by molar-refractivity contribution is 0.310. The van der Waals surface area contributed by atoms with Crippen LogP contribution in [0.3, 0.4) is 0 Å². The number of nitrogens with two attached hydrogens (primary N) is 1. The smallest absolute Gasteiger partial charge is 0.199 e. The first-order valence-corrected chi connectivity index (χ1v) is 6.96. The van der Waals surface area contributed by atoms with Gasteiger partial charge in [-0.15, -0.1) is 0 Å². The topological polar surface area (TPSA) is 95.6 Å². The normalized spacial score (nSPS) is 11.2. The molecule has 0 aliphatic rings. The summed E-state index contributed by atoms with van der Waals surface area (Å²) in [6.45, 7) is 0.201. The molecule has 0 atom stereocenters. The van der Waals surface area contributed by atoms with E-state index >= 15 is 0 Å². The number of anilines is 1. The Morgan fingerprint density at radius 1 is 1.12 bits per heavy atom. The van der Waals surface area contributed by atoms with Gasteiger partial charge in [0.25, 0.3) is 0 Å². The highest BCUT2D eigenvalue weighted by Gasteiger charge is 2.23. The van der Waals surface area contributed by atoms with Crippen LogP contribution in [0.4, 0.5) is 14.6 Å². The third kappa shape index (κ3) is 2.18. The number of pyridine rings is 1. The molecule has 0 bridgehead atoms. The van der Waals surface area contributed by atoms with E-state index in [1.807, 2.05) is 6.07 Å². The third-order valence-electron chi connectivity index (χ3n) is 3.59. The first kappa shape index (κ1) is 14.2. The zero-order valence-electron chi connectivity index (χ0n) is 12.1. The Morgan fingerprint density at radius 2 is 1.96 bits per heavy atom. The van der Waals surface area contributed by atoms with E-state index in [0.29, 0.717) is 0 Å². The van der Waals surface area contributed by atoms with E-state index in [2.05, 4.69) is 24.9 Å². The Balaban J connectivity index is 2.01. The minimum absolute atomic E-state index is 0.0104. The zero-order chi connectivity index (χ0) is 16.7. The van der Waals surface area contributed by atoms with Gasteiger partial charge in [0.2, 0.25) is 0 Å². The average Bonchev–Trinajstić information content (AvgIpc) is 3.16. The molecule has 0 amide bonds. The van der Waals surface area contributed by atoms with Crippen molar-refractivity contribution in [3.63, 3.8) is 0 Å². The van der Waals surface area contributed by atoms with E-state index in [1.54, 1.807) is 18.5 Å². The predicted octanol–water partition coefficient (Wildman–Crippen LogP) is 2.39. The van der Waals surface area contributed by atoms with Gasteiger partial charge in [-0.25, -0.2) is 18.4 Å². The maximum absolute atomic E-state index is 14.4. The minimum atomic E-state index is -0.646. The van der Waals surface area contributed by atoms with Crippen molar-refractivity contribution in [3.05, 3.63) is 53.9 Å². The number of fused-ring (bicyclic) bond motifs is 1. The zero-order valence-corrected chi connectivity index (χ0v) is 12.1. The van der Waals surface area contributed by atoms with E-state index in [9.17, 15) is 8.78 Å². The second-order valence-corrected chi connectivity index (χ2v) is 5.11. The van der Waals surface area contributed by atoms with Crippen molar-refractivity contribution in [1.82, 2.24) is 24.8 Å². The summed E-state index contributed by atoms with van der Waals surface area (Å²) in [6, 6.07) is 5.63. The fourth-order valence-electron chi connectivity index (χ4n) is 2.53. The van der Waals surface area contributed by atoms with Crippen molar-refractivity contribution in [2.24, 2.45) is 0 Å². The first-order valence-electron chi connectivity index (χ1n) is 6.96. The number of aromatic nitrogens is 5. The van der Waals surface area contributed by atoms with Gasteiger partial charge in [-0.05, 0) is 34.1 Å². The van der Waals surface area contributed by atoms with Gasteiger partial charge in [0.05, 0.1) is 6.54 Å². The molecule has 0 spiro atoms. The molecule has 0 aliphatic carbocycles. The molecule has 0 aliphatic heterocycles. The molecule has 24 heavy (non-hydrogen) atoms. The lowest BCUT2D eigenvalue weighted by atomic mass is 10.2. The second-order valence-electron chi connectivity index (χ2n) is 5.11. The Labute approximate surface area is 133 Å². The molecule has 1 aromatic carbocycles. The van der Waals surface area contributed by atoms with Crippen LogP contribution >= 0.6 is 0 Å². The van der Waals surface area contributed by atoms with Crippen LogP contribution in [0.2, 0.25) is 0 Å². The van der Waals surface area contributed by atoms with Gasteiger partial charge in [0.15, 0.2) is 23.2 Å². The number of benzene rings is 1. The highest BCUT2D eigenvalue weighted by molar-refractivity contribution is 5.82. The highest BCUT2D eigenvalue weighted by Crippen LogP contribution is 2.30. The third-order valence-corrected chi connectivity index (χ3v) is 3.59. The van der Waals surface area contributed by atoms with Gasteiger partial charge in [-0.1, -0.05) is 6.07 Å². The molecule has 0 radical (unpaired) electrons. The quantitative estimate of drug-likeness (QED) is 0.620. The summed E-state index contributed by atoms with van der Waals surface area (Å²) in [4.78, 5) is 8.18. The van der Waals surface area contributed by atoms with Crippen LogP contribution in [0, 0.1) is 11.6 Å². The number of imidazole rings is 1. The van der Waals surface area contributed by atoms with Crippen LogP contribution in [-0.2, 0) is 6.54 Å². The van der Waals surface area contributed by atoms with Crippen molar-refractivity contribution >= 4 is 16.9 Å². The fourth-order valence-corrected chi connectivity index (χ4v) is 2.53. The summed E-state index contributed by atoms with van der Waals surface area (Å²) < 4.78 is 34.5. The summed E-state index contributed by atoms with van der Waals surface area (Å²) >= 11 is 0. The molecular weight excluding hydrogens is 318 g/mol. The molecular formula is C15H10F2N6O. The molecule has 9 heteroatoms. The van der Waals surface area contributed by atoms with Crippen molar-refractivity contribution in [2.45, 2.75) is 6.54 Å². The number of halogens is 2. The van der Waals surface area contributed by atoms with Gasteiger partial charge in [0.1, 0.15) is 16.9 Å². The van der Waals surface area contributed by atoms with E-state index in [1.165, 1.54) is 4.57 Å². The molecule has 4 aromatic rings. The summed E-state index contributed by atoms with van der Waals surface area (Å²) in [5.74, 6) is -1.10. The minimum Gasteiger partial charge on any atom is -0.379 e. The number of nitrogen functional groups attached to an aromatic ring is 1. The molecule has 3 heterocycles. The van der Waals surface area contributed by atoms with E-state index in [0.717, 1.165) is 17.7 Å². The Hall–Kier alpha value is -3.36. The van der Waals surface area contributed by atoms with Crippen molar-refractivity contribution in [3.8, 4) is 11.5 Å². The van der Waals surface area contributed by atoms with Crippen LogP contribution in [0.1, 0.15) is 5.56 Å². The summed E-state index contributed by atoms with van der Waals surface area (Å²) in [5.41, 5.74) is 6.50. The summed E-state index contributed by atoms with van der Waals surface area (Å²) in [7, 11) is 0. The van der Waals surface area contributed by atoms with Gasteiger partial charge < -0.3 is 10.3 Å². The van der Waals surface area contributed by atoms with Crippen LogP contribution in [0.25, 0.3) is 22.6 Å². The second kappa shape index (κ2) is 5.37. The summed E-state index contributed by atoms with van der Waals surface area (Å²) in [5, 5.41) is 7.18. The van der Waals surface area contributed by atoms with Crippen molar-refractivity contribution in [1.29, 1.82) is 0 Å². The maximum atomic E-state index is 14.4. The molecule has 3 aromatic heterocycles. The predicted molar refractivity (Wildman–Crippen MR) is 80.7 cm³/mol. The standard InChI is InChI=1S/C15H10F2N6O/c16-9-3-4-10(17)13-11(9)20-15(12-14(18)22-24-21-12)23(13)7-8-2-1-5-19-6-8/h1-6H,7H2,(H2,18,22). The first-order chi connectivity index (χ1) is 11.6. The van der Waals surface area contributed by atoms with Crippen LogP contribution < -0.4 is 5.73 Å². The largest absolute Gasteiger partial charge is 0.379 e. The van der Waals surface area contributed by atoms with Crippen LogP contribution in [0.5, 0.6) is 0 Å². The Morgan fingerprint density at radius 3 is 2.67 bits per heavy atom.